The number of benzene rings is 4. The highest BCUT2D eigenvalue weighted by atomic mass is 32.2. The van der Waals surface area contributed by atoms with Gasteiger partial charge in [-0.25, -0.2) is 8.42 Å². The molecule has 13 heteroatoms. The average molecular weight is 541 g/mol. The van der Waals surface area contributed by atoms with Crippen LogP contribution in [0.1, 0.15) is 20.8 Å². The Morgan fingerprint density at radius 3 is 1.74 bits per heavy atom. The van der Waals surface area contributed by atoms with Gasteiger partial charge in [-0.05, 0) is 18.2 Å². The molecular formula is C22H20O10S3. The zero-order valence-corrected chi connectivity index (χ0v) is 21.1. The van der Waals surface area contributed by atoms with Crippen LogP contribution in [-0.2, 0) is 35.7 Å². The predicted octanol–water partition coefficient (Wildman–Crippen LogP) is 3.04. The standard InChI is InChI=1S/C22H20O10S3/c1-22(2,3)19(23)10-32-15-8-16(33(24)25)12-5-7-14-18(35(29,30)31)9-17(34(26,27)28)13-6-4-11(15)20(12)21(13)14/h4-9,33H,10H2,1-3H3,(H,26,27,28)(H,29,30,31). The van der Waals surface area contributed by atoms with Gasteiger partial charge in [0.2, 0.25) is 0 Å². The summed E-state index contributed by atoms with van der Waals surface area (Å²) in [4.78, 5) is 10.6. The lowest BCUT2D eigenvalue weighted by Crippen LogP contribution is -2.26. The third-order valence-electron chi connectivity index (χ3n) is 5.71. The summed E-state index contributed by atoms with van der Waals surface area (Å²) in [5.74, 6) is -0.261. The molecule has 0 unspecified atom stereocenters. The van der Waals surface area contributed by atoms with E-state index in [0.29, 0.717) is 6.07 Å². The molecule has 2 N–H and O–H groups in total. The van der Waals surface area contributed by atoms with Gasteiger partial charge < -0.3 is 4.74 Å². The first-order valence-electron chi connectivity index (χ1n) is 10.1. The maximum absolute atomic E-state index is 12.4. The first-order valence-corrected chi connectivity index (χ1v) is 14.1. The maximum Gasteiger partial charge on any atom is 0.295 e. The van der Waals surface area contributed by atoms with Crippen LogP contribution in [0.25, 0.3) is 32.3 Å². The van der Waals surface area contributed by atoms with Crippen molar-refractivity contribution in [1.29, 1.82) is 0 Å². The summed E-state index contributed by atoms with van der Waals surface area (Å²) in [7, 11) is -13.1. The van der Waals surface area contributed by atoms with Crippen molar-refractivity contribution in [1.82, 2.24) is 0 Å². The van der Waals surface area contributed by atoms with Crippen molar-refractivity contribution in [3.05, 3.63) is 36.4 Å². The Hall–Kier alpha value is -2.84. The number of ketones is 1. The van der Waals surface area contributed by atoms with E-state index in [2.05, 4.69) is 0 Å². The normalized spacial score (nSPS) is 13.3. The smallest absolute Gasteiger partial charge is 0.295 e. The SMILES string of the molecule is CC(C)(C)C(=O)COc1cc([SH](=O)=O)c2ccc3c(S(=O)(=O)O)cc(S(=O)(=O)O)c4ccc1c2c43. The van der Waals surface area contributed by atoms with Gasteiger partial charge in [-0.15, -0.1) is 0 Å². The summed E-state index contributed by atoms with van der Waals surface area (Å²) in [6.07, 6.45) is 0. The molecule has 0 saturated carbocycles. The van der Waals surface area contributed by atoms with E-state index < -0.39 is 46.1 Å². The van der Waals surface area contributed by atoms with Crippen LogP contribution in [0, 0.1) is 5.41 Å². The summed E-state index contributed by atoms with van der Waals surface area (Å²) in [5, 5.41) is 0.330. The molecule has 0 aromatic heterocycles. The number of rotatable bonds is 6. The summed E-state index contributed by atoms with van der Waals surface area (Å²) in [6, 6.07) is 7.17. The van der Waals surface area contributed by atoms with Crippen LogP contribution in [-0.4, -0.2) is 46.7 Å². The Labute approximate surface area is 202 Å². The van der Waals surface area contributed by atoms with Crippen LogP contribution in [0.5, 0.6) is 5.75 Å². The van der Waals surface area contributed by atoms with Crippen LogP contribution in [0.15, 0.2) is 51.1 Å². The third-order valence-corrected chi connectivity index (χ3v) is 8.26. The molecule has 0 spiro atoms. The number of carbonyl (C=O) groups excluding carboxylic acids is 1. The van der Waals surface area contributed by atoms with Crippen molar-refractivity contribution in [3.8, 4) is 5.75 Å². The van der Waals surface area contributed by atoms with Crippen molar-refractivity contribution in [2.75, 3.05) is 6.61 Å². The monoisotopic (exact) mass is 540 g/mol. The topological polar surface area (TPSA) is 169 Å². The van der Waals surface area contributed by atoms with Gasteiger partial charge in [0.15, 0.2) is 16.5 Å². The molecule has 0 atom stereocenters. The number of ether oxygens (including phenoxy) is 1. The second-order valence-corrected chi connectivity index (χ2v) is 12.8. The minimum absolute atomic E-state index is 0.00404. The van der Waals surface area contributed by atoms with Gasteiger partial charge in [-0.2, -0.15) is 16.8 Å². The predicted molar refractivity (Wildman–Crippen MR) is 128 cm³/mol. The second kappa shape index (κ2) is 8.10. The molecule has 0 radical (unpaired) electrons. The number of hydrogen-bond acceptors (Lipinski definition) is 8. The number of thiol groups is 1. The lowest BCUT2D eigenvalue weighted by molar-refractivity contribution is -0.128. The molecule has 4 aromatic rings. The van der Waals surface area contributed by atoms with Crippen molar-refractivity contribution in [2.45, 2.75) is 35.5 Å². The number of Topliss-reactive ketones (excluding diaryl/α,β-unsaturated/α-hetero) is 1. The number of carbonyl (C=O) groups is 1. The molecule has 4 aromatic carbocycles. The van der Waals surface area contributed by atoms with Gasteiger partial charge in [-0.1, -0.05) is 39.0 Å². The van der Waals surface area contributed by atoms with Crippen molar-refractivity contribution in [2.24, 2.45) is 5.41 Å². The van der Waals surface area contributed by atoms with Crippen LogP contribution >= 0.6 is 0 Å². The zero-order valence-electron chi connectivity index (χ0n) is 18.6. The van der Waals surface area contributed by atoms with E-state index in [1.165, 1.54) is 30.3 Å². The second-order valence-electron chi connectivity index (χ2n) is 9.01. The Morgan fingerprint density at radius 2 is 1.29 bits per heavy atom. The fourth-order valence-electron chi connectivity index (χ4n) is 3.94. The molecule has 0 aliphatic heterocycles. The van der Waals surface area contributed by atoms with Crippen LogP contribution in [0.4, 0.5) is 0 Å². The van der Waals surface area contributed by atoms with E-state index in [-0.39, 0.29) is 55.4 Å². The molecule has 0 heterocycles. The fourth-order valence-corrected chi connectivity index (χ4v) is 6.05. The van der Waals surface area contributed by atoms with Crippen LogP contribution in [0.2, 0.25) is 0 Å². The minimum Gasteiger partial charge on any atom is -0.485 e. The lowest BCUT2D eigenvalue weighted by atomic mass is 9.91. The van der Waals surface area contributed by atoms with Crippen molar-refractivity contribution >= 4 is 69.0 Å². The highest BCUT2D eigenvalue weighted by Crippen LogP contribution is 2.44. The summed E-state index contributed by atoms with van der Waals surface area (Å²) >= 11 is 0. The van der Waals surface area contributed by atoms with Crippen molar-refractivity contribution in [3.63, 3.8) is 0 Å². The molecule has 35 heavy (non-hydrogen) atoms. The van der Waals surface area contributed by atoms with Crippen LogP contribution < -0.4 is 4.74 Å². The maximum atomic E-state index is 12.4. The number of hydrogen-bond donors (Lipinski definition) is 3. The van der Waals surface area contributed by atoms with Gasteiger partial charge in [0.1, 0.15) is 22.1 Å². The average Bonchev–Trinajstić information content (AvgIpc) is 2.72. The summed E-state index contributed by atoms with van der Waals surface area (Å²) in [6.45, 7) is 4.69. The Bertz CT molecular complexity index is 1770. The van der Waals surface area contributed by atoms with E-state index >= 15 is 0 Å². The van der Waals surface area contributed by atoms with E-state index in [9.17, 15) is 39.2 Å². The lowest BCUT2D eigenvalue weighted by Gasteiger charge is -2.20. The van der Waals surface area contributed by atoms with E-state index in [0.717, 1.165) is 0 Å². The summed E-state index contributed by atoms with van der Waals surface area (Å²) in [5.41, 5.74) is -0.731. The quantitative estimate of drug-likeness (QED) is 0.188. The van der Waals surface area contributed by atoms with Gasteiger partial charge in [0.25, 0.3) is 20.2 Å². The fraction of sp³-hybridized carbons (Fsp3) is 0.227. The first kappa shape index (κ1) is 25.3. The van der Waals surface area contributed by atoms with E-state index in [1.54, 1.807) is 20.8 Å². The molecule has 0 aliphatic rings. The van der Waals surface area contributed by atoms with Gasteiger partial charge in [0.05, 0.1) is 4.90 Å². The molecule has 0 saturated heterocycles. The van der Waals surface area contributed by atoms with E-state index in [4.69, 9.17) is 4.74 Å². The molecule has 186 valence electrons. The van der Waals surface area contributed by atoms with Crippen molar-refractivity contribution < 1.29 is 43.9 Å². The van der Waals surface area contributed by atoms with Gasteiger partial charge >= 0.3 is 0 Å². The molecule has 0 fully saturated rings. The molecule has 4 rings (SSSR count). The molecule has 0 aliphatic carbocycles. The Kier molecular flexibility index (Phi) is 5.84. The highest BCUT2D eigenvalue weighted by Gasteiger charge is 2.27. The Morgan fingerprint density at radius 1 is 0.829 bits per heavy atom. The zero-order chi connectivity index (χ0) is 26.1. The molecule has 0 bridgehead atoms. The first-order chi connectivity index (χ1) is 16.0. The summed E-state index contributed by atoms with van der Waals surface area (Å²) < 4.78 is 97.8. The Balaban J connectivity index is 2.21. The minimum atomic E-state index is -4.96. The largest absolute Gasteiger partial charge is 0.485 e. The molecular weight excluding hydrogens is 520 g/mol. The van der Waals surface area contributed by atoms with Gasteiger partial charge in [0, 0.05) is 37.7 Å². The molecule has 0 amide bonds. The highest BCUT2D eigenvalue weighted by molar-refractivity contribution is 7.87. The van der Waals surface area contributed by atoms with Crippen LogP contribution in [0.3, 0.4) is 0 Å². The van der Waals surface area contributed by atoms with E-state index in [1.807, 2.05) is 0 Å². The molecule has 10 nitrogen and oxygen atoms in total. The third kappa shape index (κ3) is 4.34. The van der Waals surface area contributed by atoms with Gasteiger partial charge in [-0.3, -0.25) is 13.9 Å².